The van der Waals surface area contributed by atoms with Crippen molar-refractivity contribution in [3.63, 3.8) is 0 Å². The summed E-state index contributed by atoms with van der Waals surface area (Å²) in [6.07, 6.45) is 15.3. The molecule has 1 aliphatic carbocycles. The molecule has 0 nitrogen and oxygen atoms in total. The van der Waals surface area contributed by atoms with Crippen LogP contribution >= 0.6 is 0 Å². The number of allylic oxidation sites excluding steroid dienone is 2. The van der Waals surface area contributed by atoms with E-state index >= 15 is 0 Å². The number of hydrogen-bond acceptors (Lipinski definition) is 0. The van der Waals surface area contributed by atoms with E-state index in [1.54, 1.807) is 5.56 Å². The fourth-order valence-electron chi connectivity index (χ4n) is 3.35. The Hall–Kier alpha value is -1.04. The van der Waals surface area contributed by atoms with Gasteiger partial charge in [-0.25, -0.2) is 0 Å². The van der Waals surface area contributed by atoms with Crippen LogP contribution in [0.5, 0.6) is 0 Å². The average molecular weight is 270 g/mol. The highest BCUT2D eigenvalue weighted by molar-refractivity contribution is 5.26. The second-order valence-electron chi connectivity index (χ2n) is 6.32. The summed E-state index contributed by atoms with van der Waals surface area (Å²) >= 11 is 0. The Kier molecular flexibility index (Phi) is 6.36. The number of aryl methyl sites for hydroxylation is 1. The third-order valence-corrected chi connectivity index (χ3v) is 4.63. The van der Waals surface area contributed by atoms with E-state index in [2.05, 4.69) is 50.3 Å². The molecule has 0 unspecified atom stereocenters. The highest BCUT2D eigenvalue weighted by Crippen LogP contribution is 2.36. The second kappa shape index (κ2) is 8.29. The van der Waals surface area contributed by atoms with Gasteiger partial charge < -0.3 is 0 Å². The molecular formula is C20H30. The van der Waals surface area contributed by atoms with Crippen LogP contribution in [0.3, 0.4) is 0 Å². The van der Waals surface area contributed by atoms with Gasteiger partial charge in [-0.2, -0.15) is 0 Å². The first-order chi connectivity index (χ1) is 9.83. The molecule has 0 amide bonds. The highest BCUT2D eigenvalue weighted by atomic mass is 14.3. The molecule has 20 heavy (non-hydrogen) atoms. The summed E-state index contributed by atoms with van der Waals surface area (Å²) in [4.78, 5) is 0. The lowest BCUT2D eigenvalue weighted by Gasteiger charge is -2.27. The number of rotatable bonds is 6. The maximum Gasteiger partial charge on any atom is -0.0162 e. The SMILES string of the molecule is CCCC=C[C@H]1CC[C@H](c2ccc(CCC)cc2)CC1. The highest BCUT2D eigenvalue weighted by Gasteiger charge is 2.20. The fraction of sp³-hybridized carbons (Fsp3) is 0.600. The van der Waals surface area contributed by atoms with E-state index in [-0.39, 0.29) is 0 Å². The molecule has 0 heterocycles. The quantitative estimate of drug-likeness (QED) is 0.534. The lowest BCUT2D eigenvalue weighted by Crippen LogP contribution is -2.11. The van der Waals surface area contributed by atoms with E-state index in [0.717, 1.165) is 11.8 Å². The topological polar surface area (TPSA) is 0 Å². The van der Waals surface area contributed by atoms with Gasteiger partial charge in [-0.15, -0.1) is 0 Å². The Morgan fingerprint density at radius 3 is 2.25 bits per heavy atom. The Morgan fingerprint density at radius 1 is 0.950 bits per heavy atom. The molecule has 0 radical (unpaired) electrons. The summed E-state index contributed by atoms with van der Waals surface area (Å²) < 4.78 is 0. The van der Waals surface area contributed by atoms with E-state index in [0.29, 0.717) is 0 Å². The third kappa shape index (κ3) is 4.51. The van der Waals surface area contributed by atoms with Gasteiger partial charge in [0.15, 0.2) is 0 Å². The predicted molar refractivity (Wildman–Crippen MR) is 89.2 cm³/mol. The van der Waals surface area contributed by atoms with Gasteiger partial charge in [0.1, 0.15) is 0 Å². The van der Waals surface area contributed by atoms with Gasteiger partial charge in [-0.3, -0.25) is 0 Å². The van der Waals surface area contributed by atoms with Crippen LogP contribution in [0.4, 0.5) is 0 Å². The van der Waals surface area contributed by atoms with Crippen LogP contribution in [-0.2, 0) is 6.42 Å². The Bertz CT molecular complexity index is 391. The zero-order valence-electron chi connectivity index (χ0n) is 13.3. The van der Waals surface area contributed by atoms with Crippen molar-refractivity contribution < 1.29 is 0 Å². The van der Waals surface area contributed by atoms with Gasteiger partial charge >= 0.3 is 0 Å². The van der Waals surface area contributed by atoms with Crippen LogP contribution in [0.1, 0.15) is 75.8 Å². The molecule has 1 saturated carbocycles. The summed E-state index contributed by atoms with van der Waals surface area (Å²) in [5.74, 6) is 1.65. The summed E-state index contributed by atoms with van der Waals surface area (Å²) in [5, 5.41) is 0. The predicted octanol–water partition coefficient (Wildman–Crippen LogP) is 6.27. The smallest absolute Gasteiger partial charge is 0.0162 e. The molecule has 1 aromatic rings. The molecule has 0 aliphatic heterocycles. The van der Waals surface area contributed by atoms with Crippen LogP contribution in [0.2, 0.25) is 0 Å². The fourth-order valence-corrected chi connectivity index (χ4v) is 3.35. The normalized spacial score (nSPS) is 23.3. The van der Waals surface area contributed by atoms with Crippen LogP contribution in [0.15, 0.2) is 36.4 Å². The molecule has 0 saturated heterocycles. The molecule has 1 aromatic carbocycles. The number of unbranched alkanes of at least 4 members (excludes halogenated alkanes) is 1. The maximum absolute atomic E-state index is 2.48. The largest absolute Gasteiger partial charge is 0.0883 e. The first-order valence-corrected chi connectivity index (χ1v) is 8.59. The first kappa shape index (κ1) is 15.4. The summed E-state index contributed by atoms with van der Waals surface area (Å²) in [5.41, 5.74) is 3.06. The molecular weight excluding hydrogens is 240 g/mol. The molecule has 0 aromatic heterocycles. The van der Waals surface area contributed by atoms with Crippen molar-refractivity contribution in [3.05, 3.63) is 47.5 Å². The van der Waals surface area contributed by atoms with Crippen LogP contribution in [0, 0.1) is 5.92 Å². The van der Waals surface area contributed by atoms with Crippen molar-refractivity contribution in [1.29, 1.82) is 0 Å². The van der Waals surface area contributed by atoms with E-state index in [1.165, 1.54) is 56.9 Å². The summed E-state index contributed by atoms with van der Waals surface area (Å²) in [7, 11) is 0. The van der Waals surface area contributed by atoms with E-state index in [1.807, 2.05) is 0 Å². The number of benzene rings is 1. The lowest BCUT2D eigenvalue weighted by atomic mass is 9.78. The van der Waals surface area contributed by atoms with Crippen LogP contribution in [-0.4, -0.2) is 0 Å². The molecule has 1 aliphatic rings. The van der Waals surface area contributed by atoms with Gasteiger partial charge in [-0.05, 0) is 61.5 Å². The minimum absolute atomic E-state index is 0.807. The molecule has 0 spiro atoms. The van der Waals surface area contributed by atoms with Crippen LogP contribution in [0.25, 0.3) is 0 Å². The average Bonchev–Trinajstić information content (AvgIpc) is 2.49. The zero-order valence-corrected chi connectivity index (χ0v) is 13.3. The standard InChI is InChI=1S/C20H30/c1-3-5-6-8-18-11-15-20(16-12-18)19-13-9-17(7-4-2)10-14-19/h6,8-10,13-14,18,20H,3-5,7,11-12,15-16H2,1-2H3/t18-,20-. The van der Waals surface area contributed by atoms with Gasteiger partial charge in [-0.1, -0.05) is 63.1 Å². The molecule has 0 heteroatoms. The van der Waals surface area contributed by atoms with E-state index in [4.69, 9.17) is 0 Å². The maximum atomic E-state index is 2.48. The minimum Gasteiger partial charge on any atom is -0.0883 e. The summed E-state index contributed by atoms with van der Waals surface area (Å²) in [6.45, 7) is 4.50. The van der Waals surface area contributed by atoms with Gasteiger partial charge in [0.25, 0.3) is 0 Å². The first-order valence-electron chi connectivity index (χ1n) is 8.59. The van der Waals surface area contributed by atoms with Crippen molar-refractivity contribution in [1.82, 2.24) is 0 Å². The zero-order chi connectivity index (χ0) is 14.2. The monoisotopic (exact) mass is 270 g/mol. The second-order valence-corrected chi connectivity index (χ2v) is 6.32. The lowest BCUT2D eigenvalue weighted by molar-refractivity contribution is 0.375. The van der Waals surface area contributed by atoms with Crippen LogP contribution < -0.4 is 0 Å². The molecule has 0 N–H and O–H groups in total. The molecule has 2 rings (SSSR count). The Labute approximate surface area is 125 Å². The summed E-state index contributed by atoms with van der Waals surface area (Å²) in [6, 6.07) is 9.43. The van der Waals surface area contributed by atoms with Gasteiger partial charge in [0, 0.05) is 0 Å². The van der Waals surface area contributed by atoms with Crippen molar-refractivity contribution in [2.45, 2.75) is 71.1 Å². The van der Waals surface area contributed by atoms with Gasteiger partial charge in [0.05, 0.1) is 0 Å². The minimum atomic E-state index is 0.807. The van der Waals surface area contributed by atoms with E-state index in [9.17, 15) is 0 Å². The van der Waals surface area contributed by atoms with Crippen molar-refractivity contribution >= 4 is 0 Å². The van der Waals surface area contributed by atoms with Gasteiger partial charge in [0.2, 0.25) is 0 Å². The Balaban J connectivity index is 1.83. The molecule has 0 bridgehead atoms. The van der Waals surface area contributed by atoms with Crippen molar-refractivity contribution in [3.8, 4) is 0 Å². The molecule has 0 atom stereocenters. The Morgan fingerprint density at radius 2 is 1.65 bits per heavy atom. The van der Waals surface area contributed by atoms with E-state index < -0.39 is 0 Å². The third-order valence-electron chi connectivity index (χ3n) is 4.63. The number of hydrogen-bond donors (Lipinski definition) is 0. The van der Waals surface area contributed by atoms with Crippen molar-refractivity contribution in [2.75, 3.05) is 0 Å². The van der Waals surface area contributed by atoms with Crippen molar-refractivity contribution in [2.24, 2.45) is 5.92 Å². The molecule has 1 fully saturated rings. The molecule has 110 valence electrons.